The quantitative estimate of drug-likeness (QED) is 0.373. The second-order valence-corrected chi connectivity index (χ2v) is 11.4. The van der Waals surface area contributed by atoms with E-state index < -0.39 is 64.4 Å². The SMILES string of the molecule is CN(C)[C@@H]1C(=O)C(C(N)=O)C(=O)[C@@]2(O)C(=O)C3C(=O)c4c(O)ccc(-c5cccc(CCCN)c5)c4C[C@H]3C[C@@H]12. The summed E-state index contributed by atoms with van der Waals surface area (Å²) in [5.74, 6) is -10.5. The number of rotatable bonds is 6. The molecule has 0 saturated heterocycles. The number of aliphatic hydroxyl groups is 1. The van der Waals surface area contributed by atoms with Crippen molar-refractivity contribution in [3.05, 3.63) is 53.1 Å². The van der Waals surface area contributed by atoms with Gasteiger partial charge in [0.25, 0.3) is 0 Å². The molecule has 210 valence electrons. The predicted octanol–water partition coefficient (Wildman–Crippen LogP) is 0.425. The van der Waals surface area contributed by atoms with Crippen molar-refractivity contribution in [2.75, 3.05) is 20.6 Å². The summed E-state index contributed by atoms with van der Waals surface area (Å²) >= 11 is 0. The van der Waals surface area contributed by atoms with E-state index in [1.165, 1.54) is 11.0 Å². The Bertz CT molecular complexity index is 1450. The number of hydrogen-bond acceptors (Lipinski definition) is 9. The smallest absolute Gasteiger partial charge is 0.235 e. The highest BCUT2D eigenvalue weighted by Gasteiger charge is 2.69. The number of primary amides is 1. The normalized spacial score (nSPS) is 29.7. The van der Waals surface area contributed by atoms with Crippen LogP contribution >= 0.6 is 0 Å². The molecule has 0 heterocycles. The van der Waals surface area contributed by atoms with Crippen molar-refractivity contribution in [2.45, 2.75) is 37.3 Å². The standard InChI is InChI=1S/C30H33N3O7/c1-33(2)24-19-13-16-12-18-17(15-7-3-5-14(11-15)6-4-10-31)8-9-20(34)22(18)25(35)21(16)27(37)30(19,40)28(38)23(26(24)36)29(32)39/h3,5,7-9,11,16,19,21,23-24,34,40H,4,6,10,12-13,31H2,1-2H3,(H2,32,39)/t16-,19-,21?,23?,24-,30-/m0/s1. The summed E-state index contributed by atoms with van der Waals surface area (Å²) in [7, 11) is 3.12. The fourth-order valence-electron chi connectivity index (χ4n) is 7.08. The minimum Gasteiger partial charge on any atom is -0.507 e. The fourth-order valence-corrected chi connectivity index (χ4v) is 7.08. The molecule has 2 aromatic carbocycles. The van der Waals surface area contributed by atoms with Crippen molar-refractivity contribution in [2.24, 2.45) is 35.1 Å². The molecule has 10 heteroatoms. The van der Waals surface area contributed by atoms with E-state index >= 15 is 0 Å². The number of phenolic OH excluding ortho intramolecular Hbond substituents is 1. The topological polar surface area (TPSA) is 181 Å². The maximum atomic E-state index is 13.9. The third-order valence-electron chi connectivity index (χ3n) is 8.85. The first-order chi connectivity index (χ1) is 18.9. The average Bonchev–Trinajstić information content (AvgIpc) is 2.89. The van der Waals surface area contributed by atoms with Crippen molar-refractivity contribution in [3.63, 3.8) is 0 Å². The summed E-state index contributed by atoms with van der Waals surface area (Å²) in [5.41, 5.74) is 11.5. The lowest BCUT2D eigenvalue weighted by molar-refractivity contribution is -0.181. The van der Waals surface area contributed by atoms with Crippen LogP contribution in [0.4, 0.5) is 0 Å². The van der Waals surface area contributed by atoms with Gasteiger partial charge in [-0.2, -0.15) is 0 Å². The van der Waals surface area contributed by atoms with Gasteiger partial charge in [0.1, 0.15) is 5.75 Å². The van der Waals surface area contributed by atoms with Crippen molar-refractivity contribution in [3.8, 4) is 16.9 Å². The molecule has 2 unspecified atom stereocenters. The molecular formula is C30H33N3O7. The highest BCUT2D eigenvalue weighted by molar-refractivity contribution is 6.32. The maximum Gasteiger partial charge on any atom is 0.235 e. The van der Waals surface area contributed by atoms with Crippen LogP contribution in [-0.4, -0.2) is 76.4 Å². The van der Waals surface area contributed by atoms with Crippen LogP contribution in [-0.2, 0) is 32.0 Å². The van der Waals surface area contributed by atoms with E-state index in [2.05, 4.69) is 0 Å². The summed E-state index contributed by atoms with van der Waals surface area (Å²) in [5, 5.41) is 22.5. The number of benzene rings is 2. The molecule has 0 radical (unpaired) electrons. The monoisotopic (exact) mass is 547 g/mol. The highest BCUT2D eigenvalue weighted by Crippen LogP contribution is 2.51. The van der Waals surface area contributed by atoms with E-state index in [1.54, 1.807) is 20.2 Å². The van der Waals surface area contributed by atoms with Crippen LogP contribution < -0.4 is 11.5 Å². The molecule has 6 atom stereocenters. The Labute approximate surface area is 231 Å². The maximum absolute atomic E-state index is 13.9. The number of nitrogens with two attached hydrogens (primary N) is 2. The Morgan fingerprint density at radius 2 is 1.82 bits per heavy atom. The van der Waals surface area contributed by atoms with E-state index in [0.717, 1.165) is 29.5 Å². The van der Waals surface area contributed by atoms with E-state index in [9.17, 15) is 34.2 Å². The Morgan fingerprint density at radius 3 is 2.48 bits per heavy atom. The van der Waals surface area contributed by atoms with Gasteiger partial charge in [0.15, 0.2) is 34.7 Å². The zero-order chi connectivity index (χ0) is 29.1. The molecule has 5 rings (SSSR count). The molecule has 2 fully saturated rings. The molecule has 2 saturated carbocycles. The minimum absolute atomic E-state index is 0.00946. The van der Waals surface area contributed by atoms with Gasteiger partial charge >= 0.3 is 0 Å². The Balaban J connectivity index is 1.62. The number of amides is 1. The first kappa shape index (κ1) is 27.8. The number of phenols is 1. The van der Waals surface area contributed by atoms with Crippen LogP contribution in [0.1, 0.15) is 34.3 Å². The largest absolute Gasteiger partial charge is 0.507 e. The number of aromatic hydroxyl groups is 1. The van der Waals surface area contributed by atoms with Crippen molar-refractivity contribution in [1.82, 2.24) is 4.90 Å². The molecule has 0 bridgehead atoms. The fraction of sp³-hybridized carbons (Fsp3) is 0.433. The molecule has 6 N–H and O–H groups in total. The first-order valence-corrected chi connectivity index (χ1v) is 13.4. The second-order valence-electron chi connectivity index (χ2n) is 11.4. The van der Waals surface area contributed by atoms with Gasteiger partial charge < -0.3 is 21.7 Å². The van der Waals surface area contributed by atoms with E-state index in [1.807, 2.05) is 24.3 Å². The van der Waals surface area contributed by atoms with Crippen LogP contribution in [0.25, 0.3) is 11.1 Å². The lowest BCUT2D eigenvalue weighted by Crippen LogP contribution is -2.74. The molecule has 3 aliphatic rings. The molecule has 0 aromatic heterocycles. The molecule has 0 aliphatic heterocycles. The van der Waals surface area contributed by atoms with Gasteiger partial charge in [0.05, 0.1) is 17.5 Å². The molecular weight excluding hydrogens is 514 g/mol. The lowest BCUT2D eigenvalue weighted by atomic mass is 9.52. The number of aryl methyl sites for hydroxylation is 1. The van der Waals surface area contributed by atoms with Gasteiger partial charge in [0, 0.05) is 5.92 Å². The van der Waals surface area contributed by atoms with Crippen LogP contribution in [0, 0.1) is 23.7 Å². The zero-order valence-electron chi connectivity index (χ0n) is 22.4. The van der Waals surface area contributed by atoms with Crippen LogP contribution in [0.15, 0.2) is 36.4 Å². The van der Waals surface area contributed by atoms with Crippen molar-refractivity contribution >= 4 is 29.0 Å². The molecule has 10 nitrogen and oxygen atoms in total. The number of ketones is 4. The van der Waals surface area contributed by atoms with Crippen molar-refractivity contribution in [1.29, 1.82) is 0 Å². The Morgan fingerprint density at radius 1 is 1.10 bits per heavy atom. The zero-order valence-corrected chi connectivity index (χ0v) is 22.4. The molecule has 3 aliphatic carbocycles. The lowest BCUT2D eigenvalue weighted by Gasteiger charge is -2.52. The molecule has 2 aromatic rings. The van der Waals surface area contributed by atoms with Crippen LogP contribution in [0.3, 0.4) is 0 Å². The molecule has 1 amide bonds. The van der Waals surface area contributed by atoms with E-state index in [4.69, 9.17) is 11.5 Å². The number of likely N-dealkylation sites (N-methyl/N-ethyl adjacent to an activating group) is 1. The summed E-state index contributed by atoms with van der Waals surface area (Å²) in [4.78, 5) is 68.0. The highest BCUT2D eigenvalue weighted by atomic mass is 16.3. The number of hydrogen-bond donors (Lipinski definition) is 4. The third kappa shape index (κ3) is 4.01. The summed E-state index contributed by atoms with van der Waals surface area (Å²) in [6, 6.07) is 9.82. The third-order valence-corrected chi connectivity index (χ3v) is 8.85. The Kier molecular flexibility index (Phi) is 6.98. The second kappa shape index (κ2) is 10.0. The van der Waals surface area contributed by atoms with Gasteiger partial charge in [0.2, 0.25) is 5.91 Å². The summed E-state index contributed by atoms with van der Waals surface area (Å²) < 4.78 is 0. The predicted molar refractivity (Wildman–Crippen MR) is 144 cm³/mol. The molecule has 0 spiro atoms. The van der Waals surface area contributed by atoms with E-state index in [-0.39, 0.29) is 24.2 Å². The molecule has 40 heavy (non-hydrogen) atoms. The van der Waals surface area contributed by atoms with Gasteiger partial charge in [-0.3, -0.25) is 28.9 Å². The number of nitrogens with zero attached hydrogens (tertiary/aromatic N) is 1. The summed E-state index contributed by atoms with van der Waals surface area (Å²) in [6.45, 7) is 0.553. The van der Waals surface area contributed by atoms with Gasteiger partial charge in [-0.1, -0.05) is 30.3 Å². The van der Waals surface area contributed by atoms with E-state index in [0.29, 0.717) is 12.1 Å². The van der Waals surface area contributed by atoms with Gasteiger partial charge in [-0.15, -0.1) is 0 Å². The van der Waals surface area contributed by atoms with Gasteiger partial charge in [-0.05, 0) is 80.6 Å². The minimum atomic E-state index is -2.73. The number of fused-ring (bicyclic) bond motifs is 3. The Hall–Kier alpha value is -3.73. The van der Waals surface area contributed by atoms with Crippen LogP contribution in [0.5, 0.6) is 5.75 Å². The number of carbonyl (C=O) groups is 5. The summed E-state index contributed by atoms with van der Waals surface area (Å²) in [6.07, 6.45) is 1.81. The first-order valence-electron chi connectivity index (χ1n) is 13.4. The van der Waals surface area contributed by atoms with Crippen molar-refractivity contribution < 1.29 is 34.2 Å². The average molecular weight is 548 g/mol. The number of Topliss-reactive ketones (excluding diaryl/α,β-unsaturated/α-hetero) is 4. The number of carbonyl (C=O) groups excluding carboxylic acids is 5. The van der Waals surface area contributed by atoms with Crippen LogP contribution in [0.2, 0.25) is 0 Å². The van der Waals surface area contributed by atoms with Gasteiger partial charge in [-0.25, -0.2) is 0 Å².